The van der Waals surface area contributed by atoms with Gasteiger partial charge in [-0.1, -0.05) is 0 Å². The highest BCUT2D eigenvalue weighted by atomic mass is 16.5. The first kappa shape index (κ1) is 9.47. The standard InChI is InChI=1S/C11H20O2/c12-9-10-1-3-11(4-2-10)5-7-13-8-6-11/h10,12H,1-9H2. The maximum Gasteiger partial charge on any atom is 0.0471 e. The van der Waals surface area contributed by atoms with Crippen molar-refractivity contribution in [2.45, 2.75) is 38.5 Å². The summed E-state index contributed by atoms with van der Waals surface area (Å²) in [6, 6.07) is 0. The van der Waals surface area contributed by atoms with Crippen LogP contribution in [0.15, 0.2) is 0 Å². The minimum absolute atomic E-state index is 0.395. The van der Waals surface area contributed by atoms with E-state index in [1.54, 1.807) is 0 Å². The van der Waals surface area contributed by atoms with Gasteiger partial charge in [0.25, 0.3) is 0 Å². The lowest BCUT2D eigenvalue weighted by molar-refractivity contribution is -0.0173. The van der Waals surface area contributed by atoms with Crippen molar-refractivity contribution in [2.24, 2.45) is 11.3 Å². The van der Waals surface area contributed by atoms with Gasteiger partial charge < -0.3 is 9.84 Å². The number of rotatable bonds is 1. The van der Waals surface area contributed by atoms with E-state index in [1.165, 1.54) is 38.5 Å². The van der Waals surface area contributed by atoms with E-state index in [2.05, 4.69) is 0 Å². The summed E-state index contributed by atoms with van der Waals surface area (Å²) in [5.41, 5.74) is 0.601. The van der Waals surface area contributed by atoms with Crippen LogP contribution in [0.1, 0.15) is 38.5 Å². The lowest BCUT2D eigenvalue weighted by atomic mass is 9.66. The molecule has 0 bridgehead atoms. The summed E-state index contributed by atoms with van der Waals surface area (Å²) >= 11 is 0. The zero-order valence-corrected chi connectivity index (χ0v) is 8.30. The Morgan fingerprint density at radius 3 is 2.23 bits per heavy atom. The summed E-state index contributed by atoms with van der Waals surface area (Å²) in [7, 11) is 0. The summed E-state index contributed by atoms with van der Waals surface area (Å²) in [6.45, 7) is 2.32. The Morgan fingerprint density at radius 1 is 1.08 bits per heavy atom. The Labute approximate surface area is 80.3 Å². The van der Waals surface area contributed by atoms with Crippen LogP contribution < -0.4 is 0 Å². The van der Waals surface area contributed by atoms with Crippen molar-refractivity contribution in [1.29, 1.82) is 0 Å². The molecular weight excluding hydrogens is 164 g/mol. The van der Waals surface area contributed by atoms with E-state index < -0.39 is 0 Å². The molecule has 1 heterocycles. The fourth-order valence-electron chi connectivity index (χ4n) is 2.78. The monoisotopic (exact) mass is 184 g/mol. The third kappa shape index (κ3) is 2.05. The van der Waals surface area contributed by atoms with Crippen LogP contribution in [-0.2, 0) is 4.74 Å². The highest BCUT2D eigenvalue weighted by molar-refractivity contribution is 4.87. The topological polar surface area (TPSA) is 29.5 Å². The molecule has 0 aromatic carbocycles. The average Bonchev–Trinajstić information content (AvgIpc) is 2.20. The molecule has 0 radical (unpaired) electrons. The molecule has 0 unspecified atom stereocenters. The smallest absolute Gasteiger partial charge is 0.0471 e. The van der Waals surface area contributed by atoms with Gasteiger partial charge in [-0.15, -0.1) is 0 Å². The first-order valence-corrected chi connectivity index (χ1v) is 5.53. The Bertz CT molecular complexity index is 151. The molecule has 2 nitrogen and oxygen atoms in total. The third-order valence-electron chi connectivity index (χ3n) is 3.98. The van der Waals surface area contributed by atoms with Gasteiger partial charge >= 0.3 is 0 Å². The largest absolute Gasteiger partial charge is 0.396 e. The summed E-state index contributed by atoms with van der Waals surface area (Å²) in [4.78, 5) is 0. The van der Waals surface area contributed by atoms with Crippen LogP contribution in [0.5, 0.6) is 0 Å². The normalized spacial score (nSPS) is 29.3. The van der Waals surface area contributed by atoms with Crippen LogP contribution in [0.4, 0.5) is 0 Å². The van der Waals surface area contributed by atoms with Crippen molar-refractivity contribution in [3.8, 4) is 0 Å². The Morgan fingerprint density at radius 2 is 1.69 bits per heavy atom. The Balaban J connectivity index is 1.87. The number of aliphatic hydroxyl groups excluding tert-OH is 1. The van der Waals surface area contributed by atoms with E-state index in [-0.39, 0.29) is 0 Å². The van der Waals surface area contributed by atoms with Crippen molar-refractivity contribution in [3.63, 3.8) is 0 Å². The molecule has 2 fully saturated rings. The number of ether oxygens (including phenoxy) is 1. The molecule has 0 atom stereocenters. The lowest BCUT2D eigenvalue weighted by Gasteiger charge is -2.42. The Hall–Kier alpha value is -0.0800. The second-order valence-electron chi connectivity index (χ2n) is 4.74. The van der Waals surface area contributed by atoms with Crippen molar-refractivity contribution in [1.82, 2.24) is 0 Å². The molecule has 2 heteroatoms. The molecule has 0 aromatic rings. The molecule has 1 saturated heterocycles. The SMILES string of the molecule is OCC1CCC2(CCOCC2)CC1. The maximum absolute atomic E-state index is 9.05. The lowest BCUT2D eigenvalue weighted by Crippen LogP contribution is -2.34. The second-order valence-corrected chi connectivity index (χ2v) is 4.74. The molecule has 13 heavy (non-hydrogen) atoms. The van der Waals surface area contributed by atoms with Gasteiger partial charge in [0.15, 0.2) is 0 Å². The fourth-order valence-corrected chi connectivity index (χ4v) is 2.78. The Kier molecular flexibility index (Phi) is 2.89. The van der Waals surface area contributed by atoms with Crippen molar-refractivity contribution in [2.75, 3.05) is 19.8 Å². The molecule has 2 aliphatic rings. The van der Waals surface area contributed by atoms with Crippen molar-refractivity contribution in [3.05, 3.63) is 0 Å². The van der Waals surface area contributed by atoms with E-state index in [0.717, 1.165) is 13.2 Å². The maximum atomic E-state index is 9.05. The third-order valence-corrected chi connectivity index (χ3v) is 3.98. The molecule has 76 valence electrons. The number of hydrogen-bond donors (Lipinski definition) is 1. The summed E-state index contributed by atoms with van der Waals surface area (Å²) in [5, 5.41) is 9.05. The minimum atomic E-state index is 0.395. The first-order chi connectivity index (χ1) is 6.35. The zero-order chi connectivity index (χ0) is 9.15. The quantitative estimate of drug-likeness (QED) is 0.675. The fraction of sp³-hybridized carbons (Fsp3) is 1.00. The van der Waals surface area contributed by atoms with E-state index >= 15 is 0 Å². The van der Waals surface area contributed by atoms with Gasteiger partial charge in [-0.3, -0.25) is 0 Å². The number of aliphatic hydroxyl groups is 1. The van der Waals surface area contributed by atoms with Crippen LogP contribution in [0.2, 0.25) is 0 Å². The first-order valence-electron chi connectivity index (χ1n) is 5.53. The number of hydrogen-bond acceptors (Lipinski definition) is 2. The summed E-state index contributed by atoms with van der Waals surface area (Å²) in [6.07, 6.45) is 7.62. The van der Waals surface area contributed by atoms with E-state index in [9.17, 15) is 0 Å². The van der Waals surface area contributed by atoms with Crippen LogP contribution >= 0.6 is 0 Å². The van der Waals surface area contributed by atoms with Gasteiger partial charge in [-0.2, -0.15) is 0 Å². The molecule has 1 aliphatic heterocycles. The molecule has 1 N–H and O–H groups in total. The highest BCUT2D eigenvalue weighted by Gasteiger charge is 2.36. The average molecular weight is 184 g/mol. The van der Waals surface area contributed by atoms with E-state index in [1.807, 2.05) is 0 Å². The van der Waals surface area contributed by atoms with Gasteiger partial charge in [-0.25, -0.2) is 0 Å². The summed E-state index contributed by atoms with van der Waals surface area (Å²) in [5.74, 6) is 0.591. The molecule has 0 aromatic heterocycles. The summed E-state index contributed by atoms with van der Waals surface area (Å²) < 4.78 is 5.40. The van der Waals surface area contributed by atoms with Crippen molar-refractivity contribution >= 4 is 0 Å². The second kappa shape index (κ2) is 3.97. The molecule has 1 spiro atoms. The van der Waals surface area contributed by atoms with Crippen LogP contribution in [0, 0.1) is 11.3 Å². The molecular formula is C11H20O2. The predicted molar refractivity (Wildman–Crippen MR) is 51.5 cm³/mol. The molecule has 0 amide bonds. The van der Waals surface area contributed by atoms with E-state index in [0.29, 0.717) is 17.9 Å². The highest BCUT2D eigenvalue weighted by Crippen LogP contribution is 2.45. The van der Waals surface area contributed by atoms with Gasteiger partial charge in [0.1, 0.15) is 0 Å². The van der Waals surface area contributed by atoms with Gasteiger partial charge in [0.05, 0.1) is 0 Å². The molecule has 1 aliphatic carbocycles. The minimum Gasteiger partial charge on any atom is -0.396 e. The molecule has 1 saturated carbocycles. The van der Waals surface area contributed by atoms with Crippen LogP contribution in [0.3, 0.4) is 0 Å². The van der Waals surface area contributed by atoms with Gasteiger partial charge in [0, 0.05) is 19.8 Å². The van der Waals surface area contributed by atoms with Crippen molar-refractivity contribution < 1.29 is 9.84 Å². The van der Waals surface area contributed by atoms with Crippen LogP contribution in [-0.4, -0.2) is 24.9 Å². The van der Waals surface area contributed by atoms with Gasteiger partial charge in [0.2, 0.25) is 0 Å². The van der Waals surface area contributed by atoms with Crippen LogP contribution in [0.25, 0.3) is 0 Å². The molecule has 2 rings (SSSR count). The zero-order valence-electron chi connectivity index (χ0n) is 8.30. The van der Waals surface area contributed by atoms with Gasteiger partial charge in [-0.05, 0) is 49.9 Å². The van der Waals surface area contributed by atoms with E-state index in [4.69, 9.17) is 9.84 Å². The predicted octanol–water partition coefficient (Wildman–Crippen LogP) is 1.97.